The Morgan fingerprint density at radius 2 is 2.22 bits per heavy atom. The Morgan fingerprint density at radius 1 is 1.33 bits per heavy atom. The first kappa shape index (κ1) is 12.6. The molecule has 3 nitrogen and oxygen atoms in total. The number of hydrogen-bond acceptors (Lipinski definition) is 4. The quantitative estimate of drug-likeness (QED) is 0.897. The minimum Gasteiger partial charge on any atom is -0.495 e. The van der Waals surface area contributed by atoms with Crippen LogP contribution in [0.3, 0.4) is 0 Å². The highest BCUT2D eigenvalue weighted by Gasteiger charge is 2.03. The average Bonchev–Trinajstić information content (AvgIpc) is 2.91. The van der Waals surface area contributed by atoms with E-state index in [0.29, 0.717) is 11.3 Å². The van der Waals surface area contributed by atoms with Crippen molar-refractivity contribution in [2.75, 3.05) is 7.11 Å². The van der Waals surface area contributed by atoms with Crippen molar-refractivity contribution in [1.82, 2.24) is 5.32 Å². The summed E-state index contributed by atoms with van der Waals surface area (Å²) in [6.45, 7) is 1.62. The molecule has 0 saturated carbocycles. The van der Waals surface area contributed by atoms with Crippen molar-refractivity contribution in [3.8, 4) is 11.8 Å². The van der Waals surface area contributed by atoms with Gasteiger partial charge in [0, 0.05) is 18.0 Å². The van der Waals surface area contributed by atoms with Gasteiger partial charge in [0.25, 0.3) is 0 Å². The monoisotopic (exact) mass is 258 g/mol. The van der Waals surface area contributed by atoms with Crippen LogP contribution in [0.15, 0.2) is 35.7 Å². The topological polar surface area (TPSA) is 45.0 Å². The lowest BCUT2D eigenvalue weighted by atomic mass is 10.1. The number of nitriles is 1. The summed E-state index contributed by atoms with van der Waals surface area (Å²) in [7, 11) is 1.58. The van der Waals surface area contributed by atoms with E-state index >= 15 is 0 Å². The molecule has 1 aromatic heterocycles. The van der Waals surface area contributed by atoms with Crippen molar-refractivity contribution in [3.63, 3.8) is 0 Å². The van der Waals surface area contributed by atoms with E-state index in [4.69, 9.17) is 10.00 Å². The van der Waals surface area contributed by atoms with E-state index < -0.39 is 0 Å². The van der Waals surface area contributed by atoms with Crippen LogP contribution in [0.1, 0.15) is 16.0 Å². The Labute approximate surface area is 111 Å². The van der Waals surface area contributed by atoms with Gasteiger partial charge in [-0.15, -0.1) is 11.3 Å². The lowest BCUT2D eigenvalue weighted by molar-refractivity contribution is 0.412. The summed E-state index contributed by atoms with van der Waals surface area (Å²) < 4.78 is 5.18. The summed E-state index contributed by atoms with van der Waals surface area (Å²) in [4.78, 5) is 1.32. The number of nitrogens with one attached hydrogen (secondary N) is 1. The van der Waals surface area contributed by atoms with Gasteiger partial charge in [0.15, 0.2) is 0 Å². The predicted molar refractivity (Wildman–Crippen MR) is 72.6 cm³/mol. The third-order valence-corrected chi connectivity index (χ3v) is 3.47. The summed E-state index contributed by atoms with van der Waals surface area (Å²) in [5.74, 6) is 0.632. The summed E-state index contributed by atoms with van der Waals surface area (Å²) in [5.41, 5.74) is 1.68. The summed E-state index contributed by atoms with van der Waals surface area (Å²) in [6.07, 6.45) is 0. The maximum Gasteiger partial charge on any atom is 0.136 e. The molecule has 92 valence electrons. The van der Waals surface area contributed by atoms with Crippen molar-refractivity contribution in [3.05, 3.63) is 51.7 Å². The highest BCUT2D eigenvalue weighted by Crippen LogP contribution is 2.19. The van der Waals surface area contributed by atoms with Gasteiger partial charge in [0.1, 0.15) is 11.8 Å². The largest absolute Gasteiger partial charge is 0.495 e. The molecule has 0 aliphatic carbocycles. The molecular formula is C14H14N2OS. The maximum absolute atomic E-state index is 8.90. The highest BCUT2D eigenvalue weighted by molar-refractivity contribution is 7.09. The maximum atomic E-state index is 8.90. The minimum absolute atomic E-state index is 0.569. The third-order valence-electron chi connectivity index (χ3n) is 2.59. The third kappa shape index (κ3) is 3.10. The van der Waals surface area contributed by atoms with E-state index in [0.717, 1.165) is 18.7 Å². The van der Waals surface area contributed by atoms with E-state index in [1.165, 1.54) is 4.88 Å². The molecule has 0 unspecified atom stereocenters. The Hall–Kier alpha value is -1.83. The molecule has 1 N–H and O–H groups in total. The first-order valence-corrected chi connectivity index (χ1v) is 6.51. The first-order valence-electron chi connectivity index (χ1n) is 5.63. The smallest absolute Gasteiger partial charge is 0.136 e. The van der Waals surface area contributed by atoms with Gasteiger partial charge in [0.05, 0.1) is 12.7 Å². The Morgan fingerprint density at radius 3 is 2.89 bits per heavy atom. The normalized spacial score (nSPS) is 10.0. The van der Waals surface area contributed by atoms with Crippen LogP contribution in [-0.4, -0.2) is 7.11 Å². The average molecular weight is 258 g/mol. The van der Waals surface area contributed by atoms with Crippen molar-refractivity contribution in [2.24, 2.45) is 0 Å². The predicted octanol–water partition coefficient (Wildman–Crippen LogP) is 2.92. The summed E-state index contributed by atoms with van der Waals surface area (Å²) in [6, 6.07) is 11.9. The molecule has 0 atom stereocenters. The zero-order valence-corrected chi connectivity index (χ0v) is 11.0. The number of nitrogens with zero attached hydrogens (tertiary/aromatic N) is 1. The van der Waals surface area contributed by atoms with Crippen LogP contribution in [0.2, 0.25) is 0 Å². The van der Waals surface area contributed by atoms with Crippen LogP contribution in [-0.2, 0) is 13.1 Å². The molecule has 4 heteroatoms. The van der Waals surface area contributed by atoms with E-state index in [9.17, 15) is 0 Å². The van der Waals surface area contributed by atoms with Crippen LogP contribution in [0.4, 0.5) is 0 Å². The zero-order chi connectivity index (χ0) is 12.8. The van der Waals surface area contributed by atoms with Gasteiger partial charge in [-0.05, 0) is 29.1 Å². The van der Waals surface area contributed by atoms with Crippen molar-refractivity contribution < 1.29 is 4.74 Å². The highest BCUT2D eigenvalue weighted by atomic mass is 32.1. The van der Waals surface area contributed by atoms with Crippen LogP contribution < -0.4 is 10.1 Å². The Bertz CT molecular complexity index is 543. The molecule has 2 aromatic rings. The summed E-state index contributed by atoms with van der Waals surface area (Å²) >= 11 is 1.74. The fourth-order valence-corrected chi connectivity index (χ4v) is 2.36. The molecular weight excluding hydrogens is 244 g/mol. The number of hydrogen-bond donors (Lipinski definition) is 1. The fourth-order valence-electron chi connectivity index (χ4n) is 1.68. The number of methoxy groups -OCH3 is 1. The second-order valence-corrected chi connectivity index (χ2v) is 4.86. The zero-order valence-electron chi connectivity index (χ0n) is 10.1. The molecule has 0 amide bonds. The Kier molecular flexibility index (Phi) is 4.35. The van der Waals surface area contributed by atoms with Crippen LogP contribution in [0.25, 0.3) is 0 Å². The molecule has 0 fully saturated rings. The van der Waals surface area contributed by atoms with E-state index in [1.54, 1.807) is 24.5 Å². The standard InChI is InChI=1S/C14H14N2OS/c1-17-14-7-11(4-5-12(14)8-15)9-16-10-13-3-2-6-18-13/h2-7,16H,9-10H2,1H3. The molecule has 0 aliphatic rings. The molecule has 0 aliphatic heterocycles. The van der Waals surface area contributed by atoms with Gasteiger partial charge in [-0.1, -0.05) is 12.1 Å². The minimum atomic E-state index is 0.569. The molecule has 0 radical (unpaired) electrons. The van der Waals surface area contributed by atoms with E-state index in [1.807, 2.05) is 18.2 Å². The van der Waals surface area contributed by atoms with Crippen LogP contribution >= 0.6 is 11.3 Å². The van der Waals surface area contributed by atoms with Gasteiger partial charge in [0.2, 0.25) is 0 Å². The SMILES string of the molecule is COc1cc(CNCc2cccs2)ccc1C#N. The second-order valence-electron chi connectivity index (χ2n) is 3.83. The lowest BCUT2D eigenvalue weighted by Gasteiger charge is -2.07. The van der Waals surface area contributed by atoms with E-state index in [2.05, 4.69) is 22.8 Å². The molecule has 0 saturated heterocycles. The van der Waals surface area contributed by atoms with Crippen molar-refractivity contribution in [1.29, 1.82) is 5.26 Å². The Balaban J connectivity index is 1.95. The number of thiophene rings is 1. The number of ether oxygens (including phenoxy) is 1. The number of rotatable bonds is 5. The molecule has 1 aromatic carbocycles. The van der Waals surface area contributed by atoms with E-state index in [-0.39, 0.29) is 0 Å². The van der Waals surface area contributed by atoms with Crippen molar-refractivity contribution >= 4 is 11.3 Å². The van der Waals surface area contributed by atoms with Gasteiger partial charge in [-0.3, -0.25) is 0 Å². The van der Waals surface area contributed by atoms with Gasteiger partial charge in [-0.2, -0.15) is 5.26 Å². The van der Waals surface area contributed by atoms with Gasteiger partial charge in [-0.25, -0.2) is 0 Å². The molecule has 2 rings (SSSR count). The first-order chi connectivity index (χ1) is 8.83. The van der Waals surface area contributed by atoms with Crippen LogP contribution in [0.5, 0.6) is 5.75 Å². The van der Waals surface area contributed by atoms with Crippen LogP contribution in [0, 0.1) is 11.3 Å². The molecule has 18 heavy (non-hydrogen) atoms. The van der Waals surface area contributed by atoms with Gasteiger partial charge < -0.3 is 10.1 Å². The lowest BCUT2D eigenvalue weighted by Crippen LogP contribution is -2.11. The number of benzene rings is 1. The molecule has 0 spiro atoms. The van der Waals surface area contributed by atoms with Crippen molar-refractivity contribution in [2.45, 2.75) is 13.1 Å². The fraction of sp³-hybridized carbons (Fsp3) is 0.214. The van der Waals surface area contributed by atoms with Gasteiger partial charge >= 0.3 is 0 Å². The second kappa shape index (κ2) is 6.20. The molecule has 0 bridgehead atoms. The summed E-state index contributed by atoms with van der Waals surface area (Å²) in [5, 5.41) is 14.3. The molecule has 1 heterocycles.